The molecule has 0 bridgehead atoms. The van der Waals surface area contributed by atoms with Crippen molar-refractivity contribution in [3.8, 4) is 0 Å². The number of hydrogen-bond acceptors (Lipinski definition) is 8. The lowest BCUT2D eigenvalue weighted by atomic mass is 9.97. The van der Waals surface area contributed by atoms with Gasteiger partial charge in [-0.2, -0.15) is 0 Å². The molecule has 11 heteroatoms. The molecular formula is C16H26N2O8Si. The topological polar surface area (TPSA) is 121 Å². The molecule has 0 radical (unpaired) electrons. The minimum atomic E-state index is -1.29. The van der Waals surface area contributed by atoms with Gasteiger partial charge in [0.15, 0.2) is 18.4 Å². The molecule has 10 nitrogen and oxygen atoms in total. The maximum Gasteiger partial charge on any atom is 0.335 e. The summed E-state index contributed by atoms with van der Waals surface area (Å²) in [6.07, 6.45) is -3.13. The zero-order valence-electron chi connectivity index (χ0n) is 15.6. The van der Waals surface area contributed by atoms with Gasteiger partial charge in [0.05, 0.1) is 6.61 Å². The van der Waals surface area contributed by atoms with Gasteiger partial charge in [0.25, 0.3) is 5.56 Å². The molecule has 2 saturated heterocycles. The summed E-state index contributed by atoms with van der Waals surface area (Å²) in [4.78, 5) is 34.6. The minimum Gasteiger partial charge on any atom is -0.394 e. The van der Waals surface area contributed by atoms with Crippen LogP contribution in [0.15, 0.2) is 21.9 Å². The molecule has 0 spiro atoms. The van der Waals surface area contributed by atoms with E-state index >= 15 is 0 Å². The first-order valence-corrected chi connectivity index (χ1v) is 12.6. The first kappa shape index (κ1) is 20.4. The van der Waals surface area contributed by atoms with Crippen LogP contribution in [-0.2, 0) is 26.0 Å². The van der Waals surface area contributed by atoms with E-state index in [2.05, 4.69) is 19.6 Å². The van der Waals surface area contributed by atoms with Crippen LogP contribution in [0.5, 0.6) is 0 Å². The molecule has 0 aromatic carbocycles. The van der Waals surface area contributed by atoms with Gasteiger partial charge in [-0.05, 0) is 6.04 Å². The number of fused-ring (bicyclic) bond motifs is 1. The van der Waals surface area contributed by atoms with Crippen LogP contribution in [0.3, 0.4) is 0 Å². The third-order valence-electron chi connectivity index (χ3n) is 4.68. The van der Waals surface area contributed by atoms with Gasteiger partial charge in [-0.3, -0.25) is 9.36 Å². The lowest BCUT2D eigenvalue weighted by Gasteiger charge is -2.48. The number of rotatable bonds is 7. The Morgan fingerprint density at radius 1 is 1.22 bits per heavy atom. The Kier molecular flexibility index (Phi) is 6.01. The number of aliphatic hydroxyl groups excluding tert-OH is 2. The standard InChI is InChI=1S/C16H26N2O8Si/c1-27(2,3)7-6-23-9-18-11(20)4-5-17(16(18)22)15-12(21)14-13(25-26-14)10(8-19)24-15/h4-5,10,12-15,19,21H,6-9H2,1-3H3/t10?,12?,13-,14-,15-/m1/s1. The summed E-state index contributed by atoms with van der Waals surface area (Å²) in [5, 5.41) is 19.9. The lowest BCUT2D eigenvalue weighted by molar-refractivity contribution is -0.515. The van der Waals surface area contributed by atoms with Crippen LogP contribution < -0.4 is 11.2 Å². The van der Waals surface area contributed by atoms with E-state index in [1.54, 1.807) is 0 Å². The number of ether oxygens (including phenoxy) is 2. The summed E-state index contributed by atoms with van der Waals surface area (Å²) >= 11 is 0. The van der Waals surface area contributed by atoms with Crippen molar-refractivity contribution in [3.63, 3.8) is 0 Å². The van der Waals surface area contributed by atoms with Crippen LogP contribution in [0.2, 0.25) is 25.7 Å². The molecule has 1 aromatic heterocycles. The molecule has 0 amide bonds. The summed E-state index contributed by atoms with van der Waals surface area (Å²) in [6, 6.07) is 2.11. The van der Waals surface area contributed by atoms with Gasteiger partial charge in [-0.15, -0.1) is 0 Å². The fourth-order valence-electron chi connectivity index (χ4n) is 2.96. The normalized spacial score (nSPS) is 30.6. The number of nitrogens with zero attached hydrogens (tertiary/aromatic N) is 2. The van der Waals surface area contributed by atoms with E-state index in [1.807, 2.05) is 0 Å². The predicted molar refractivity (Wildman–Crippen MR) is 95.8 cm³/mol. The van der Waals surface area contributed by atoms with Crippen LogP contribution in [0.4, 0.5) is 0 Å². The highest BCUT2D eigenvalue weighted by Crippen LogP contribution is 2.36. The van der Waals surface area contributed by atoms with E-state index in [1.165, 1.54) is 12.3 Å². The Morgan fingerprint density at radius 3 is 2.52 bits per heavy atom. The average Bonchev–Trinajstić information content (AvgIpc) is 2.55. The Hall–Kier alpha value is -1.34. The summed E-state index contributed by atoms with van der Waals surface area (Å²) in [5.41, 5.74) is -1.18. The summed E-state index contributed by atoms with van der Waals surface area (Å²) in [5.74, 6) is 0. The second-order valence-electron chi connectivity index (χ2n) is 7.98. The molecule has 2 aliphatic heterocycles. The van der Waals surface area contributed by atoms with Crippen molar-refractivity contribution in [1.29, 1.82) is 0 Å². The largest absolute Gasteiger partial charge is 0.394 e. The molecule has 5 atom stereocenters. The highest BCUT2D eigenvalue weighted by Gasteiger charge is 2.54. The van der Waals surface area contributed by atoms with E-state index in [4.69, 9.17) is 19.2 Å². The Labute approximate surface area is 156 Å². The Bertz CT molecular complexity index is 769. The van der Waals surface area contributed by atoms with Crippen molar-refractivity contribution in [2.24, 2.45) is 0 Å². The summed E-state index contributed by atoms with van der Waals surface area (Å²) < 4.78 is 13.2. The third kappa shape index (κ3) is 4.24. The third-order valence-corrected chi connectivity index (χ3v) is 6.38. The fourth-order valence-corrected chi connectivity index (χ4v) is 3.72. The summed E-state index contributed by atoms with van der Waals surface area (Å²) in [6.45, 7) is 6.54. The van der Waals surface area contributed by atoms with Gasteiger partial charge in [-0.25, -0.2) is 19.1 Å². The van der Waals surface area contributed by atoms with Crippen LogP contribution in [0.1, 0.15) is 6.23 Å². The first-order chi connectivity index (χ1) is 12.7. The molecule has 2 unspecified atom stereocenters. The smallest absolute Gasteiger partial charge is 0.335 e. The summed E-state index contributed by atoms with van der Waals surface area (Å²) in [7, 11) is -1.29. The van der Waals surface area contributed by atoms with Crippen molar-refractivity contribution in [2.75, 3.05) is 13.2 Å². The van der Waals surface area contributed by atoms with Crippen molar-refractivity contribution >= 4 is 8.07 Å². The van der Waals surface area contributed by atoms with E-state index < -0.39 is 50.0 Å². The SMILES string of the molecule is C[Si](C)(C)CCOCn1c(=O)ccn([C@@H]2OC(CO)[C@H]3OO[C@@H]3C2O)c1=O. The molecule has 0 saturated carbocycles. The number of aromatic nitrogens is 2. The lowest BCUT2D eigenvalue weighted by Crippen LogP contribution is -2.65. The second-order valence-corrected chi connectivity index (χ2v) is 13.6. The average molecular weight is 402 g/mol. The molecule has 152 valence electrons. The molecule has 2 N–H and O–H groups in total. The number of aliphatic hydroxyl groups is 2. The highest BCUT2D eigenvalue weighted by atomic mass is 28.3. The first-order valence-electron chi connectivity index (χ1n) is 8.89. The van der Waals surface area contributed by atoms with E-state index in [0.717, 1.165) is 15.2 Å². The van der Waals surface area contributed by atoms with Gasteiger partial charge < -0.3 is 19.7 Å². The van der Waals surface area contributed by atoms with Crippen molar-refractivity contribution < 1.29 is 29.5 Å². The molecule has 0 aliphatic carbocycles. The van der Waals surface area contributed by atoms with E-state index in [0.29, 0.717) is 6.61 Å². The Morgan fingerprint density at radius 2 is 1.93 bits per heavy atom. The van der Waals surface area contributed by atoms with Gasteiger partial charge in [-0.1, -0.05) is 19.6 Å². The zero-order valence-corrected chi connectivity index (χ0v) is 16.6. The molecule has 1 aromatic rings. The maximum atomic E-state index is 12.8. The predicted octanol–water partition coefficient (Wildman–Crippen LogP) is -0.728. The zero-order chi connectivity index (χ0) is 19.8. The fraction of sp³-hybridized carbons (Fsp3) is 0.750. The molecular weight excluding hydrogens is 376 g/mol. The van der Waals surface area contributed by atoms with Gasteiger partial charge in [0, 0.05) is 26.9 Å². The highest BCUT2D eigenvalue weighted by molar-refractivity contribution is 6.76. The maximum absolute atomic E-state index is 12.8. The molecule has 27 heavy (non-hydrogen) atoms. The number of hydrogen-bond donors (Lipinski definition) is 2. The molecule has 3 rings (SSSR count). The van der Waals surface area contributed by atoms with E-state index in [-0.39, 0.29) is 13.3 Å². The van der Waals surface area contributed by atoms with Crippen LogP contribution in [0, 0.1) is 0 Å². The quantitative estimate of drug-likeness (QED) is 0.348. The molecule has 3 heterocycles. The van der Waals surface area contributed by atoms with Crippen molar-refractivity contribution in [2.45, 2.75) is 63.1 Å². The second kappa shape index (κ2) is 7.95. The van der Waals surface area contributed by atoms with Crippen LogP contribution in [-0.4, -0.2) is 65.1 Å². The molecule has 2 fully saturated rings. The molecule has 2 aliphatic rings. The monoisotopic (exact) mass is 402 g/mol. The minimum absolute atomic E-state index is 0.180. The van der Waals surface area contributed by atoms with Gasteiger partial charge in [0.2, 0.25) is 0 Å². The van der Waals surface area contributed by atoms with Gasteiger partial charge >= 0.3 is 5.69 Å². The van der Waals surface area contributed by atoms with Crippen LogP contribution >= 0.6 is 0 Å². The van der Waals surface area contributed by atoms with Crippen molar-refractivity contribution in [1.82, 2.24) is 9.13 Å². The Balaban J connectivity index is 1.78. The van der Waals surface area contributed by atoms with Gasteiger partial charge in [0.1, 0.15) is 18.9 Å². The van der Waals surface area contributed by atoms with E-state index in [9.17, 15) is 19.8 Å². The van der Waals surface area contributed by atoms with Crippen molar-refractivity contribution in [3.05, 3.63) is 33.1 Å². The van der Waals surface area contributed by atoms with Crippen LogP contribution in [0.25, 0.3) is 0 Å².